The lowest BCUT2D eigenvalue weighted by atomic mass is 10.0. The molecule has 2 aliphatic rings. The Morgan fingerprint density at radius 2 is 1.68 bits per heavy atom. The summed E-state index contributed by atoms with van der Waals surface area (Å²) in [6, 6.07) is 18.2. The summed E-state index contributed by atoms with van der Waals surface area (Å²) in [6.45, 7) is 3.41. The predicted molar refractivity (Wildman–Crippen MR) is 108 cm³/mol. The molecule has 6 heteroatoms. The molecule has 1 aromatic heterocycles. The highest BCUT2D eigenvalue weighted by Gasteiger charge is 2.31. The first-order valence-electron chi connectivity index (χ1n) is 9.60. The van der Waals surface area contributed by atoms with Crippen LogP contribution in [0.5, 0.6) is 5.75 Å². The van der Waals surface area contributed by atoms with Crippen molar-refractivity contribution in [1.29, 1.82) is 0 Å². The van der Waals surface area contributed by atoms with Gasteiger partial charge in [-0.2, -0.15) is 5.10 Å². The highest BCUT2D eigenvalue weighted by atomic mass is 16.5. The zero-order valence-corrected chi connectivity index (χ0v) is 15.8. The molecule has 0 N–H and O–H groups in total. The highest BCUT2D eigenvalue weighted by molar-refractivity contribution is 5.96. The maximum atomic E-state index is 13.2. The van der Waals surface area contributed by atoms with Crippen molar-refractivity contribution >= 4 is 11.6 Å². The van der Waals surface area contributed by atoms with Crippen LogP contribution in [0.25, 0.3) is 11.3 Å². The van der Waals surface area contributed by atoms with Crippen LogP contribution in [0.2, 0.25) is 0 Å². The number of aromatic nitrogens is 2. The van der Waals surface area contributed by atoms with E-state index in [9.17, 15) is 4.79 Å². The molecule has 142 valence electrons. The fraction of sp³-hybridized carbons (Fsp3) is 0.273. The second-order valence-electron chi connectivity index (χ2n) is 7.20. The Hall–Kier alpha value is -3.28. The van der Waals surface area contributed by atoms with E-state index in [1.54, 1.807) is 0 Å². The van der Waals surface area contributed by atoms with E-state index in [0.717, 1.165) is 35.7 Å². The average molecular weight is 374 g/mol. The normalized spacial score (nSPS) is 15.6. The lowest BCUT2D eigenvalue weighted by molar-refractivity contribution is 0.0737. The van der Waals surface area contributed by atoms with Gasteiger partial charge in [0.25, 0.3) is 5.91 Å². The molecule has 2 aromatic carbocycles. The van der Waals surface area contributed by atoms with Crippen molar-refractivity contribution in [3.8, 4) is 17.0 Å². The third-order valence-electron chi connectivity index (χ3n) is 5.55. The topological polar surface area (TPSA) is 50.6 Å². The van der Waals surface area contributed by atoms with Gasteiger partial charge in [-0.3, -0.25) is 9.48 Å². The molecule has 0 saturated carbocycles. The second kappa shape index (κ2) is 6.71. The first-order chi connectivity index (χ1) is 13.7. The molecular formula is C22H22N4O2. The molecule has 1 fully saturated rings. The molecule has 0 spiro atoms. The van der Waals surface area contributed by atoms with Gasteiger partial charge in [-0.1, -0.05) is 30.3 Å². The zero-order chi connectivity index (χ0) is 19.1. The molecule has 0 atom stereocenters. The van der Waals surface area contributed by atoms with Gasteiger partial charge in [0.1, 0.15) is 12.4 Å². The van der Waals surface area contributed by atoms with Crippen molar-refractivity contribution in [2.45, 2.75) is 6.61 Å². The molecule has 0 radical (unpaired) electrons. The number of carbonyl (C=O) groups excluding carboxylic acids is 1. The van der Waals surface area contributed by atoms with Crippen LogP contribution in [-0.2, 0) is 13.7 Å². The van der Waals surface area contributed by atoms with Crippen LogP contribution >= 0.6 is 0 Å². The molecule has 0 aliphatic carbocycles. The minimum atomic E-state index is -0.00690. The predicted octanol–water partition coefficient (Wildman–Crippen LogP) is 2.94. The summed E-state index contributed by atoms with van der Waals surface area (Å²) in [7, 11) is 1.89. The minimum absolute atomic E-state index is 0.00690. The fourth-order valence-corrected chi connectivity index (χ4v) is 4.11. The van der Waals surface area contributed by atoms with Gasteiger partial charge >= 0.3 is 0 Å². The van der Waals surface area contributed by atoms with Crippen LogP contribution in [0.1, 0.15) is 16.1 Å². The number of ether oxygens (including phenoxy) is 1. The Morgan fingerprint density at radius 3 is 2.46 bits per heavy atom. The van der Waals surface area contributed by atoms with Gasteiger partial charge in [-0.05, 0) is 24.3 Å². The smallest absolute Gasteiger partial charge is 0.274 e. The lowest BCUT2D eigenvalue weighted by Crippen LogP contribution is -2.49. The van der Waals surface area contributed by atoms with Crippen molar-refractivity contribution in [3.05, 3.63) is 65.9 Å². The van der Waals surface area contributed by atoms with E-state index in [2.05, 4.69) is 22.1 Å². The minimum Gasteiger partial charge on any atom is -0.488 e. The van der Waals surface area contributed by atoms with Gasteiger partial charge in [-0.15, -0.1) is 0 Å². The number of aryl methyl sites for hydroxylation is 1. The number of rotatable bonds is 2. The summed E-state index contributed by atoms with van der Waals surface area (Å²) in [6.07, 6.45) is 0. The number of hydrogen-bond acceptors (Lipinski definition) is 4. The first-order valence-corrected chi connectivity index (χ1v) is 9.60. The van der Waals surface area contributed by atoms with Crippen LogP contribution in [-0.4, -0.2) is 46.8 Å². The molecule has 1 saturated heterocycles. The van der Waals surface area contributed by atoms with Gasteiger partial charge in [0, 0.05) is 50.0 Å². The summed E-state index contributed by atoms with van der Waals surface area (Å²) in [5, 5.41) is 4.58. The summed E-state index contributed by atoms with van der Waals surface area (Å²) >= 11 is 0. The van der Waals surface area contributed by atoms with Gasteiger partial charge < -0.3 is 14.5 Å². The summed E-state index contributed by atoms with van der Waals surface area (Å²) < 4.78 is 7.69. The lowest BCUT2D eigenvalue weighted by Gasteiger charge is -2.36. The SMILES string of the molecule is Cn1nc(C(=O)N2CCN(c3ccccc3)CC2)c2c1-c1ccccc1OC2. The number of benzene rings is 2. The Balaban J connectivity index is 1.38. The van der Waals surface area contributed by atoms with Crippen LogP contribution in [0, 0.1) is 0 Å². The molecule has 3 aromatic rings. The van der Waals surface area contributed by atoms with Crippen molar-refractivity contribution in [3.63, 3.8) is 0 Å². The third kappa shape index (κ3) is 2.72. The Morgan fingerprint density at radius 1 is 0.964 bits per heavy atom. The Bertz CT molecular complexity index is 1020. The van der Waals surface area contributed by atoms with E-state index >= 15 is 0 Å². The molecule has 1 amide bonds. The number of anilines is 1. The number of hydrogen-bond donors (Lipinski definition) is 0. The van der Waals surface area contributed by atoms with E-state index in [0.29, 0.717) is 25.4 Å². The van der Waals surface area contributed by atoms with E-state index < -0.39 is 0 Å². The molecule has 0 bridgehead atoms. The third-order valence-corrected chi connectivity index (χ3v) is 5.55. The van der Waals surface area contributed by atoms with Gasteiger partial charge in [0.15, 0.2) is 5.69 Å². The van der Waals surface area contributed by atoms with Crippen LogP contribution in [0.3, 0.4) is 0 Å². The summed E-state index contributed by atoms with van der Waals surface area (Å²) in [5.41, 5.74) is 4.58. The number of para-hydroxylation sites is 2. The molecule has 28 heavy (non-hydrogen) atoms. The van der Waals surface area contributed by atoms with E-state index in [-0.39, 0.29) is 5.91 Å². The Kier molecular flexibility index (Phi) is 4.04. The highest BCUT2D eigenvalue weighted by Crippen LogP contribution is 2.38. The molecular weight excluding hydrogens is 352 g/mol. The van der Waals surface area contributed by atoms with Gasteiger partial charge in [0.2, 0.25) is 0 Å². The number of piperazine rings is 1. The standard InChI is InChI=1S/C22H22N4O2/c1-24-21-17-9-5-6-10-19(17)28-15-18(21)20(23-24)22(27)26-13-11-25(12-14-26)16-7-3-2-4-8-16/h2-10H,11-15H2,1H3. The van der Waals surface area contributed by atoms with Gasteiger partial charge in [-0.25, -0.2) is 0 Å². The average Bonchev–Trinajstić information content (AvgIpc) is 3.11. The maximum absolute atomic E-state index is 13.2. The van der Waals surface area contributed by atoms with Crippen molar-refractivity contribution < 1.29 is 9.53 Å². The largest absolute Gasteiger partial charge is 0.488 e. The molecule has 2 aliphatic heterocycles. The van der Waals surface area contributed by atoms with Crippen molar-refractivity contribution in [2.75, 3.05) is 31.1 Å². The van der Waals surface area contributed by atoms with Gasteiger partial charge in [0.05, 0.1) is 5.69 Å². The first kappa shape index (κ1) is 16.9. The maximum Gasteiger partial charge on any atom is 0.274 e. The fourth-order valence-electron chi connectivity index (χ4n) is 4.11. The number of carbonyl (C=O) groups is 1. The molecule has 3 heterocycles. The summed E-state index contributed by atoms with van der Waals surface area (Å²) in [4.78, 5) is 17.4. The molecule has 5 rings (SSSR count). The second-order valence-corrected chi connectivity index (χ2v) is 7.20. The van der Waals surface area contributed by atoms with Crippen molar-refractivity contribution in [2.24, 2.45) is 7.05 Å². The monoisotopic (exact) mass is 374 g/mol. The molecule has 0 unspecified atom stereocenters. The number of fused-ring (bicyclic) bond motifs is 3. The molecule has 6 nitrogen and oxygen atoms in total. The van der Waals surface area contributed by atoms with Crippen LogP contribution in [0.15, 0.2) is 54.6 Å². The summed E-state index contributed by atoms with van der Waals surface area (Å²) in [5.74, 6) is 0.834. The van der Waals surface area contributed by atoms with E-state index in [1.807, 2.05) is 59.1 Å². The zero-order valence-electron chi connectivity index (χ0n) is 15.8. The number of nitrogens with zero attached hydrogens (tertiary/aromatic N) is 4. The van der Waals surface area contributed by atoms with E-state index in [1.165, 1.54) is 5.69 Å². The van der Waals surface area contributed by atoms with Crippen molar-refractivity contribution in [1.82, 2.24) is 14.7 Å². The van der Waals surface area contributed by atoms with Crippen LogP contribution in [0.4, 0.5) is 5.69 Å². The number of amides is 1. The quantitative estimate of drug-likeness (QED) is 0.692. The van der Waals surface area contributed by atoms with Crippen LogP contribution < -0.4 is 9.64 Å². The van der Waals surface area contributed by atoms with E-state index in [4.69, 9.17) is 4.74 Å². The Labute approximate surface area is 163 Å².